The first-order valence-electron chi connectivity index (χ1n) is 5.19. The van der Waals surface area contributed by atoms with Gasteiger partial charge in [0.25, 0.3) is 0 Å². The molecule has 0 saturated carbocycles. The van der Waals surface area contributed by atoms with Gasteiger partial charge in [-0.1, -0.05) is 0 Å². The molecule has 1 amide bonds. The van der Waals surface area contributed by atoms with Crippen LogP contribution >= 0.6 is 24.0 Å². The van der Waals surface area contributed by atoms with E-state index in [0.717, 1.165) is 19.0 Å². The van der Waals surface area contributed by atoms with Gasteiger partial charge in [-0.3, -0.25) is 9.79 Å². The van der Waals surface area contributed by atoms with Gasteiger partial charge in [-0.15, -0.1) is 24.0 Å². The Morgan fingerprint density at radius 1 is 1.56 bits per heavy atom. The summed E-state index contributed by atoms with van der Waals surface area (Å²) in [6.07, 6.45) is 0. The minimum Gasteiger partial charge on any atom is -0.359 e. The van der Waals surface area contributed by atoms with Crippen LogP contribution in [-0.4, -0.2) is 50.5 Å². The van der Waals surface area contributed by atoms with Gasteiger partial charge >= 0.3 is 0 Å². The maximum Gasteiger partial charge on any atom is 0.227 e. The first-order valence-corrected chi connectivity index (χ1v) is 5.19. The third-order valence-electron chi connectivity index (χ3n) is 2.59. The highest BCUT2D eigenvalue weighted by molar-refractivity contribution is 14.0. The van der Waals surface area contributed by atoms with Gasteiger partial charge in [0.05, 0.1) is 12.0 Å². The third kappa shape index (κ3) is 3.80. The molecule has 1 aliphatic rings. The average Bonchev–Trinajstić information content (AvgIpc) is 2.60. The average molecular weight is 340 g/mol. The van der Waals surface area contributed by atoms with Crippen molar-refractivity contribution in [2.75, 3.05) is 33.7 Å². The van der Waals surface area contributed by atoms with Crippen molar-refractivity contribution in [2.24, 2.45) is 10.4 Å². The second kappa shape index (κ2) is 6.27. The van der Waals surface area contributed by atoms with Crippen molar-refractivity contribution in [3.63, 3.8) is 0 Å². The number of carbonyl (C=O) groups excluding carboxylic acids is 1. The van der Waals surface area contributed by atoms with Gasteiger partial charge < -0.3 is 15.5 Å². The van der Waals surface area contributed by atoms with E-state index in [0.29, 0.717) is 6.54 Å². The Bertz CT molecular complexity index is 278. The zero-order chi connectivity index (χ0) is 11.5. The molecule has 16 heavy (non-hydrogen) atoms. The number of amides is 1. The van der Waals surface area contributed by atoms with Crippen molar-refractivity contribution < 1.29 is 4.79 Å². The van der Waals surface area contributed by atoms with Crippen molar-refractivity contribution in [2.45, 2.75) is 13.8 Å². The molecule has 0 radical (unpaired) electrons. The highest BCUT2D eigenvalue weighted by Crippen LogP contribution is 2.13. The van der Waals surface area contributed by atoms with E-state index in [2.05, 4.69) is 20.5 Å². The molecule has 0 unspecified atom stereocenters. The number of guanidine groups is 1. The van der Waals surface area contributed by atoms with Gasteiger partial charge in [0, 0.05) is 27.2 Å². The van der Waals surface area contributed by atoms with Gasteiger partial charge in [0.1, 0.15) is 0 Å². The molecule has 1 heterocycles. The molecule has 0 fully saturated rings. The normalized spacial score (nSPS) is 15.2. The van der Waals surface area contributed by atoms with Gasteiger partial charge in [-0.05, 0) is 13.8 Å². The van der Waals surface area contributed by atoms with Gasteiger partial charge in [-0.25, -0.2) is 0 Å². The summed E-state index contributed by atoms with van der Waals surface area (Å²) >= 11 is 0. The van der Waals surface area contributed by atoms with Crippen molar-refractivity contribution in [1.82, 2.24) is 15.5 Å². The van der Waals surface area contributed by atoms with Crippen molar-refractivity contribution in [3.05, 3.63) is 0 Å². The molecule has 0 saturated heterocycles. The Morgan fingerprint density at radius 3 is 2.62 bits per heavy atom. The fourth-order valence-corrected chi connectivity index (χ4v) is 1.44. The van der Waals surface area contributed by atoms with Crippen molar-refractivity contribution >= 4 is 35.8 Å². The largest absolute Gasteiger partial charge is 0.359 e. The molecule has 1 aliphatic heterocycles. The standard InChI is InChI=1S/C10H20N4O.HI/c1-10(2,8(15)11-3)7-13-9-12-5-6-14(9)4;/h5-7H2,1-4H3,(H,11,15)(H,12,13);1H. The van der Waals surface area contributed by atoms with Crippen LogP contribution in [0.15, 0.2) is 4.99 Å². The van der Waals surface area contributed by atoms with Gasteiger partial charge in [0.15, 0.2) is 5.96 Å². The lowest BCUT2D eigenvalue weighted by atomic mass is 9.92. The number of likely N-dealkylation sites (N-methyl/N-ethyl adjacent to an activating group) is 1. The zero-order valence-corrected chi connectivity index (χ0v) is 12.7. The van der Waals surface area contributed by atoms with Crippen LogP contribution in [0.3, 0.4) is 0 Å². The molecule has 0 aromatic rings. The molecule has 0 aliphatic carbocycles. The van der Waals surface area contributed by atoms with Crippen LogP contribution in [0.25, 0.3) is 0 Å². The Balaban J connectivity index is 0.00000225. The molecular formula is C10H21IN4O. The SMILES string of the molecule is CNC(=O)C(C)(C)CNC1=NCCN1C.I. The summed E-state index contributed by atoms with van der Waals surface area (Å²) in [7, 11) is 3.65. The number of hydrogen-bond acceptors (Lipinski definition) is 4. The number of halogens is 1. The minimum atomic E-state index is -0.416. The van der Waals surface area contributed by atoms with Crippen LogP contribution in [-0.2, 0) is 4.79 Å². The number of carbonyl (C=O) groups is 1. The summed E-state index contributed by atoms with van der Waals surface area (Å²) in [6.45, 7) is 6.19. The number of hydrogen-bond donors (Lipinski definition) is 2. The highest BCUT2D eigenvalue weighted by atomic mass is 127. The molecule has 2 N–H and O–H groups in total. The van der Waals surface area contributed by atoms with E-state index in [-0.39, 0.29) is 29.9 Å². The molecule has 6 heteroatoms. The van der Waals surface area contributed by atoms with Crippen LogP contribution in [0.2, 0.25) is 0 Å². The molecule has 94 valence electrons. The van der Waals surface area contributed by atoms with Crippen LogP contribution in [0.5, 0.6) is 0 Å². The lowest BCUT2D eigenvalue weighted by Gasteiger charge is -2.25. The zero-order valence-electron chi connectivity index (χ0n) is 10.3. The second-order valence-electron chi connectivity index (χ2n) is 4.44. The number of rotatable bonds is 3. The summed E-state index contributed by atoms with van der Waals surface area (Å²) < 4.78 is 0. The van der Waals surface area contributed by atoms with Crippen LogP contribution in [0.1, 0.15) is 13.8 Å². The molecule has 0 bridgehead atoms. The molecule has 1 rings (SSSR count). The van der Waals surface area contributed by atoms with E-state index < -0.39 is 5.41 Å². The van der Waals surface area contributed by atoms with Crippen molar-refractivity contribution in [1.29, 1.82) is 0 Å². The molecule has 0 atom stereocenters. The van der Waals surface area contributed by atoms with E-state index in [4.69, 9.17) is 0 Å². The highest BCUT2D eigenvalue weighted by Gasteiger charge is 2.27. The number of aliphatic imine (C=N–C) groups is 1. The number of nitrogens with zero attached hydrogens (tertiary/aromatic N) is 2. The molecule has 0 aromatic heterocycles. The van der Waals surface area contributed by atoms with E-state index in [1.165, 1.54) is 0 Å². The minimum absolute atomic E-state index is 0. The first-order chi connectivity index (χ1) is 6.97. The van der Waals surface area contributed by atoms with Gasteiger partial charge in [-0.2, -0.15) is 0 Å². The van der Waals surface area contributed by atoms with E-state index in [1.54, 1.807) is 7.05 Å². The summed E-state index contributed by atoms with van der Waals surface area (Å²) in [6, 6.07) is 0. The lowest BCUT2D eigenvalue weighted by molar-refractivity contribution is -0.128. The van der Waals surface area contributed by atoms with E-state index >= 15 is 0 Å². The molecular weight excluding hydrogens is 319 g/mol. The quantitative estimate of drug-likeness (QED) is 0.725. The summed E-state index contributed by atoms with van der Waals surface area (Å²) in [5.41, 5.74) is -0.416. The molecule has 0 aromatic carbocycles. The predicted octanol–water partition coefficient (Wildman–Crippen LogP) is 0.268. The first kappa shape index (κ1) is 15.5. The maximum absolute atomic E-state index is 11.5. The number of nitrogens with one attached hydrogen (secondary N) is 2. The summed E-state index contributed by atoms with van der Waals surface area (Å²) in [5.74, 6) is 0.920. The smallest absolute Gasteiger partial charge is 0.227 e. The maximum atomic E-state index is 11.5. The van der Waals surface area contributed by atoms with Crippen LogP contribution in [0, 0.1) is 5.41 Å². The Morgan fingerprint density at radius 2 is 2.19 bits per heavy atom. The topological polar surface area (TPSA) is 56.7 Å². The monoisotopic (exact) mass is 340 g/mol. The Kier molecular flexibility index (Phi) is 6.06. The fraction of sp³-hybridized carbons (Fsp3) is 0.800. The Hall–Kier alpha value is -0.530. The second-order valence-corrected chi connectivity index (χ2v) is 4.44. The van der Waals surface area contributed by atoms with E-state index in [1.807, 2.05) is 20.9 Å². The lowest BCUT2D eigenvalue weighted by Crippen LogP contribution is -2.46. The third-order valence-corrected chi connectivity index (χ3v) is 2.59. The summed E-state index contributed by atoms with van der Waals surface area (Å²) in [4.78, 5) is 17.9. The van der Waals surface area contributed by atoms with Crippen molar-refractivity contribution in [3.8, 4) is 0 Å². The molecule has 0 spiro atoms. The molecule has 5 nitrogen and oxygen atoms in total. The fourth-order valence-electron chi connectivity index (χ4n) is 1.44. The summed E-state index contributed by atoms with van der Waals surface area (Å²) in [5, 5.41) is 5.86. The van der Waals surface area contributed by atoms with Gasteiger partial charge in [0.2, 0.25) is 5.91 Å². The van der Waals surface area contributed by atoms with Crippen LogP contribution < -0.4 is 10.6 Å². The van der Waals surface area contributed by atoms with Crippen LogP contribution in [0.4, 0.5) is 0 Å². The Labute approximate surface area is 114 Å². The predicted molar refractivity (Wildman–Crippen MR) is 76.2 cm³/mol. The van der Waals surface area contributed by atoms with E-state index in [9.17, 15) is 4.79 Å².